The molecule has 0 spiro atoms. The molecule has 0 bridgehead atoms. The van der Waals surface area contributed by atoms with E-state index in [1.807, 2.05) is 0 Å². The van der Waals surface area contributed by atoms with Crippen LogP contribution in [-0.2, 0) is 14.3 Å². The van der Waals surface area contributed by atoms with Gasteiger partial charge in [-0.25, -0.2) is 4.79 Å². The lowest BCUT2D eigenvalue weighted by Gasteiger charge is -2.18. The molecule has 0 saturated carbocycles. The first-order valence-corrected chi connectivity index (χ1v) is 7.24. The van der Waals surface area contributed by atoms with Crippen LogP contribution in [0.1, 0.15) is 12.5 Å². The third-order valence-electron chi connectivity index (χ3n) is 2.94. The number of rotatable bonds is 3. The van der Waals surface area contributed by atoms with Gasteiger partial charge in [-0.3, -0.25) is 14.5 Å². The van der Waals surface area contributed by atoms with Crippen LogP contribution in [0.5, 0.6) is 0 Å². The van der Waals surface area contributed by atoms with Crippen molar-refractivity contribution in [1.29, 1.82) is 0 Å². The average Bonchev–Trinajstić information content (AvgIpc) is 2.74. The Morgan fingerprint density at radius 3 is 2.67 bits per heavy atom. The molecule has 1 aliphatic rings. The Kier molecular flexibility index (Phi) is 4.69. The highest BCUT2D eigenvalue weighted by molar-refractivity contribution is 8.18. The lowest BCUT2D eigenvalue weighted by Crippen LogP contribution is -2.42. The average molecular weight is 326 g/mol. The number of benzene rings is 1. The molecule has 1 aromatic rings. The largest absolute Gasteiger partial charge is 0.467 e. The molecular formula is C14H12ClNO4S. The maximum Gasteiger partial charge on any atom is 0.328 e. The summed E-state index contributed by atoms with van der Waals surface area (Å²) in [7, 11) is 1.21. The van der Waals surface area contributed by atoms with Crippen molar-refractivity contribution in [2.75, 3.05) is 7.11 Å². The summed E-state index contributed by atoms with van der Waals surface area (Å²) in [6, 6.07) is 6.01. The van der Waals surface area contributed by atoms with E-state index in [0.717, 1.165) is 16.7 Å². The molecule has 0 radical (unpaired) electrons. The van der Waals surface area contributed by atoms with Gasteiger partial charge in [-0.05, 0) is 36.4 Å². The van der Waals surface area contributed by atoms with Crippen molar-refractivity contribution in [2.45, 2.75) is 13.0 Å². The molecule has 0 aliphatic carbocycles. The summed E-state index contributed by atoms with van der Waals surface area (Å²) in [5.41, 5.74) is 0.635. The zero-order valence-corrected chi connectivity index (χ0v) is 12.9. The predicted octanol–water partition coefficient (Wildman–Crippen LogP) is 2.94. The number of halogens is 1. The highest BCUT2D eigenvalue weighted by Crippen LogP contribution is 2.34. The number of thioether (sulfide) groups is 1. The first kappa shape index (κ1) is 15.6. The van der Waals surface area contributed by atoms with Gasteiger partial charge in [-0.15, -0.1) is 0 Å². The van der Waals surface area contributed by atoms with Gasteiger partial charge in [0.2, 0.25) is 0 Å². The first-order chi connectivity index (χ1) is 9.95. The van der Waals surface area contributed by atoms with Crippen LogP contribution in [0.15, 0.2) is 29.2 Å². The summed E-state index contributed by atoms with van der Waals surface area (Å²) < 4.78 is 4.56. The van der Waals surface area contributed by atoms with Crippen molar-refractivity contribution in [1.82, 2.24) is 4.90 Å². The van der Waals surface area contributed by atoms with Crippen LogP contribution in [-0.4, -0.2) is 35.2 Å². The summed E-state index contributed by atoms with van der Waals surface area (Å²) >= 11 is 6.79. The molecule has 0 aromatic heterocycles. The van der Waals surface area contributed by atoms with Crippen LogP contribution in [0.25, 0.3) is 6.08 Å². The smallest absolute Gasteiger partial charge is 0.328 e. The van der Waals surface area contributed by atoms with Gasteiger partial charge in [0.05, 0.1) is 12.0 Å². The molecule has 1 aromatic carbocycles. The van der Waals surface area contributed by atoms with Crippen LogP contribution < -0.4 is 0 Å². The maximum atomic E-state index is 12.3. The van der Waals surface area contributed by atoms with E-state index in [2.05, 4.69) is 4.74 Å². The van der Waals surface area contributed by atoms with E-state index in [1.54, 1.807) is 24.3 Å². The minimum atomic E-state index is -0.959. The van der Waals surface area contributed by atoms with Crippen molar-refractivity contribution in [3.05, 3.63) is 39.8 Å². The summed E-state index contributed by atoms with van der Waals surface area (Å²) in [5, 5.41) is -0.0264. The van der Waals surface area contributed by atoms with Gasteiger partial charge < -0.3 is 4.74 Å². The van der Waals surface area contributed by atoms with Crippen molar-refractivity contribution in [3.8, 4) is 0 Å². The van der Waals surface area contributed by atoms with E-state index in [9.17, 15) is 14.4 Å². The van der Waals surface area contributed by atoms with Gasteiger partial charge in [0.15, 0.2) is 0 Å². The molecule has 21 heavy (non-hydrogen) atoms. The Bertz CT molecular complexity index is 644. The Morgan fingerprint density at radius 2 is 2.05 bits per heavy atom. The molecule has 1 fully saturated rings. The number of methoxy groups -OCH3 is 1. The second kappa shape index (κ2) is 6.32. The Hall–Kier alpha value is -1.79. The number of amides is 2. The van der Waals surface area contributed by atoms with Crippen molar-refractivity contribution >= 4 is 46.6 Å². The first-order valence-electron chi connectivity index (χ1n) is 6.05. The number of hydrogen-bond donors (Lipinski definition) is 0. The number of hydrogen-bond acceptors (Lipinski definition) is 5. The molecule has 0 unspecified atom stereocenters. The Morgan fingerprint density at radius 1 is 1.38 bits per heavy atom. The summed E-state index contributed by atoms with van der Waals surface area (Å²) in [6.45, 7) is 1.45. The summed E-state index contributed by atoms with van der Waals surface area (Å²) in [6.07, 6.45) is 1.54. The highest BCUT2D eigenvalue weighted by Gasteiger charge is 2.41. The molecule has 1 atom stereocenters. The van der Waals surface area contributed by atoms with Crippen LogP contribution >= 0.6 is 23.4 Å². The van der Waals surface area contributed by atoms with Gasteiger partial charge >= 0.3 is 5.97 Å². The van der Waals surface area contributed by atoms with Crippen molar-refractivity contribution in [2.24, 2.45) is 0 Å². The fourth-order valence-electron chi connectivity index (χ4n) is 1.82. The number of carbonyl (C=O) groups excluding carboxylic acids is 3. The summed E-state index contributed by atoms with van der Waals surface area (Å²) in [5.74, 6) is -1.17. The molecule has 1 saturated heterocycles. The highest BCUT2D eigenvalue weighted by atomic mass is 35.5. The van der Waals surface area contributed by atoms with Crippen LogP contribution in [0, 0.1) is 0 Å². The van der Waals surface area contributed by atoms with Crippen molar-refractivity contribution in [3.63, 3.8) is 0 Å². The van der Waals surface area contributed by atoms with Gasteiger partial charge in [0.1, 0.15) is 6.04 Å². The third-order valence-corrected chi connectivity index (χ3v) is 4.17. The zero-order chi connectivity index (χ0) is 15.6. The topological polar surface area (TPSA) is 63.7 Å². The van der Waals surface area contributed by atoms with Crippen LogP contribution in [0.3, 0.4) is 0 Å². The monoisotopic (exact) mass is 325 g/mol. The normalized spacial score (nSPS) is 18.2. The molecule has 5 nitrogen and oxygen atoms in total. The van der Waals surface area contributed by atoms with Crippen LogP contribution in [0.2, 0.25) is 5.02 Å². The molecule has 1 heterocycles. The van der Waals surface area contributed by atoms with E-state index in [-0.39, 0.29) is 4.91 Å². The summed E-state index contributed by atoms with van der Waals surface area (Å²) in [4.78, 5) is 36.8. The van der Waals surface area contributed by atoms with E-state index in [0.29, 0.717) is 10.6 Å². The predicted molar refractivity (Wildman–Crippen MR) is 80.7 cm³/mol. The second-order valence-corrected chi connectivity index (χ2v) is 5.67. The van der Waals surface area contributed by atoms with Gasteiger partial charge in [-0.2, -0.15) is 0 Å². The van der Waals surface area contributed by atoms with Gasteiger partial charge in [0, 0.05) is 5.02 Å². The van der Waals surface area contributed by atoms with E-state index in [4.69, 9.17) is 11.6 Å². The standard InChI is InChI=1S/C14H12ClNO4S/c1-8(13(18)20-2)16-12(17)11(21-14(16)19)7-9-5-3-4-6-10(9)15/h3-8H,1-2H3/b11-7+/t8-/m0/s1. The Labute approximate surface area is 130 Å². The number of nitrogens with zero attached hydrogens (tertiary/aromatic N) is 1. The maximum absolute atomic E-state index is 12.3. The minimum Gasteiger partial charge on any atom is -0.467 e. The van der Waals surface area contributed by atoms with Crippen molar-refractivity contribution < 1.29 is 19.1 Å². The lowest BCUT2D eigenvalue weighted by molar-refractivity contribution is -0.148. The fraction of sp³-hybridized carbons (Fsp3) is 0.214. The number of esters is 1. The minimum absolute atomic E-state index is 0.226. The molecule has 2 rings (SSSR count). The molecule has 2 amide bonds. The molecule has 110 valence electrons. The quantitative estimate of drug-likeness (QED) is 0.631. The zero-order valence-electron chi connectivity index (χ0n) is 11.3. The molecular weight excluding hydrogens is 314 g/mol. The fourth-order valence-corrected chi connectivity index (χ4v) is 2.91. The number of ether oxygens (including phenoxy) is 1. The second-order valence-electron chi connectivity index (χ2n) is 4.27. The molecule has 0 N–H and O–H groups in total. The SMILES string of the molecule is COC(=O)[C@H](C)N1C(=O)S/C(=C/c2ccccc2Cl)C1=O. The van der Waals surface area contributed by atoms with Gasteiger partial charge in [-0.1, -0.05) is 29.8 Å². The van der Waals surface area contributed by atoms with E-state index >= 15 is 0 Å². The van der Waals surface area contributed by atoms with Gasteiger partial charge in [0.25, 0.3) is 11.1 Å². The molecule has 7 heteroatoms. The lowest BCUT2D eigenvalue weighted by atomic mass is 10.2. The van der Waals surface area contributed by atoms with Crippen LogP contribution in [0.4, 0.5) is 4.79 Å². The van der Waals surface area contributed by atoms with E-state index in [1.165, 1.54) is 20.1 Å². The number of imide groups is 1. The molecule has 1 aliphatic heterocycles. The Balaban J connectivity index is 2.30. The van der Waals surface area contributed by atoms with E-state index < -0.39 is 23.2 Å². The number of carbonyl (C=O) groups is 3. The third kappa shape index (κ3) is 3.11.